The summed E-state index contributed by atoms with van der Waals surface area (Å²) in [6.07, 6.45) is 7.72. The first-order chi connectivity index (χ1) is 8.24. The molecule has 3 rings (SSSR count). The summed E-state index contributed by atoms with van der Waals surface area (Å²) in [5.74, 6) is -0.0697. The standard InChI is InChI=1S/C12H15ClN2O2/c13-12(16)8-3-4-17-11(5-8)9-6-14-15(7-9)10-1-2-10/h6-8,10-11H,1-5H2/t8-,11+/m0/s1. The van der Waals surface area contributed by atoms with E-state index in [0.29, 0.717) is 19.1 Å². The van der Waals surface area contributed by atoms with Gasteiger partial charge in [0.25, 0.3) is 0 Å². The maximum atomic E-state index is 11.2. The van der Waals surface area contributed by atoms with E-state index in [-0.39, 0.29) is 17.3 Å². The summed E-state index contributed by atoms with van der Waals surface area (Å²) in [5.41, 5.74) is 1.07. The molecule has 0 aromatic carbocycles. The lowest BCUT2D eigenvalue weighted by molar-refractivity contribution is -0.120. The fourth-order valence-corrected chi connectivity index (χ4v) is 2.49. The van der Waals surface area contributed by atoms with Crippen LogP contribution in [0.25, 0.3) is 0 Å². The molecule has 4 nitrogen and oxygen atoms in total. The van der Waals surface area contributed by atoms with Crippen LogP contribution in [0.15, 0.2) is 12.4 Å². The number of carbonyl (C=O) groups excluding carboxylic acids is 1. The molecule has 1 aliphatic carbocycles. The van der Waals surface area contributed by atoms with Crippen LogP contribution < -0.4 is 0 Å². The van der Waals surface area contributed by atoms with E-state index >= 15 is 0 Å². The Morgan fingerprint density at radius 3 is 3.00 bits per heavy atom. The maximum Gasteiger partial charge on any atom is 0.224 e. The number of ether oxygens (including phenoxy) is 1. The molecule has 1 aliphatic heterocycles. The van der Waals surface area contributed by atoms with Crippen LogP contribution in [0.5, 0.6) is 0 Å². The summed E-state index contributed by atoms with van der Waals surface area (Å²) >= 11 is 5.56. The summed E-state index contributed by atoms with van der Waals surface area (Å²) in [5, 5.41) is 4.10. The van der Waals surface area contributed by atoms with Gasteiger partial charge in [-0.15, -0.1) is 0 Å². The predicted octanol–water partition coefficient (Wildman–Crippen LogP) is 2.45. The maximum absolute atomic E-state index is 11.2. The highest BCUT2D eigenvalue weighted by molar-refractivity contribution is 6.63. The highest BCUT2D eigenvalue weighted by Crippen LogP contribution is 2.37. The molecular formula is C12H15ClN2O2. The van der Waals surface area contributed by atoms with Gasteiger partial charge in [0, 0.05) is 24.3 Å². The molecule has 1 aromatic heterocycles. The van der Waals surface area contributed by atoms with E-state index in [2.05, 4.69) is 5.10 Å². The average Bonchev–Trinajstić information content (AvgIpc) is 3.07. The van der Waals surface area contributed by atoms with Gasteiger partial charge in [0.15, 0.2) is 0 Å². The van der Waals surface area contributed by atoms with Crippen LogP contribution in [-0.4, -0.2) is 21.6 Å². The molecule has 1 saturated heterocycles. The number of carbonyl (C=O) groups is 1. The molecule has 0 amide bonds. The monoisotopic (exact) mass is 254 g/mol. The fraction of sp³-hybridized carbons (Fsp3) is 0.667. The molecule has 0 unspecified atom stereocenters. The molecule has 17 heavy (non-hydrogen) atoms. The van der Waals surface area contributed by atoms with Crippen molar-refractivity contribution in [2.45, 2.75) is 37.8 Å². The normalized spacial score (nSPS) is 29.2. The van der Waals surface area contributed by atoms with Gasteiger partial charge < -0.3 is 4.74 Å². The molecule has 1 saturated carbocycles. The second-order valence-corrected chi connectivity index (χ2v) is 5.24. The lowest BCUT2D eigenvalue weighted by atomic mass is 9.94. The van der Waals surface area contributed by atoms with Crippen molar-refractivity contribution in [1.29, 1.82) is 0 Å². The van der Waals surface area contributed by atoms with E-state index in [1.165, 1.54) is 12.8 Å². The number of rotatable bonds is 3. The van der Waals surface area contributed by atoms with Crippen LogP contribution in [0, 0.1) is 5.92 Å². The van der Waals surface area contributed by atoms with Gasteiger partial charge in [0.2, 0.25) is 5.24 Å². The number of nitrogens with zero attached hydrogens (tertiary/aromatic N) is 2. The zero-order valence-electron chi connectivity index (χ0n) is 9.51. The van der Waals surface area contributed by atoms with Crippen LogP contribution >= 0.6 is 11.6 Å². The van der Waals surface area contributed by atoms with Gasteiger partial charge in [-0.3, -0.25) is 9.48 Å². The largest absolute Gasteiger partial charge is 0.373 e. The van der Waals surface area contributed by atoms with Crippen molar-refractivity contribution >= 4 is 16.8 Å². The van der Waals surface area contributed by atoms with Gasteiger partial charge in [-0.1, -0.05) is 0 Å². The van der Waals surface area contributed by atoms with Crippen LogP contribution in [0.4, 0.5) is 0 Å². The molecule has 92 valence electrons. The minimum absolute atomic E-state index is 0.0241. The highest BCUT2D eigenvalue weighted by atomic mass is 35.5. The van der Waals surface area contributed by atoms with Crippen molar-refractivity contribution in [3.8, 4) is 0 Å². The Kier molecular flexibility index (Phi) is 2.92. The van der Waals surface area contributed by atoms with Gasteiger partial charge in [-0.2, -0.15) is 5.10 Å². The Morgan fingerprint density at radius 1 is 1.47 bits per heavy atom. The highest BCUT2D eigenvalue weighted by Gasteiger charge is 2.30. The molecular weight excluding hydrogens is 240 g/mol. The minimum atomic E-state index is -0.243. The van der Waals surface area contributed by atoms with E-state index in [9.17, 15) is 4.79 Å². The average molecular weight is 255 g/mol. The molecule has 0 spiro atoms. The zero-order valence-corrected chi connectivity index (χ0v) is 10.3. The number of hydrogen-bond acceptors (Lipinski definition) is 3. The second-order valence-electron chi connectivity index (χ2n) is 4.87. The Bertz CT molecular complexity index is 428. The van der Waals surface area contributed by atoms with Crippen LogP contribution in [0.1, 0.15) is 43.4 Å². The van der Waals surface area contributed by atoms with Gasteiger partial charge in [0.1, 0.15) is 0 Å². The first-order valence-electron chi connectivity index (χ1n) is 6.09. The smallest absolute Gasteiger partial charge is 0.224 e. The summed E-state index contributed by atoms with van der Waals surface area (Å²) in [6.45, 7) is 0.600. The van der Waals surface area contributed by atoms with Gasteiger partial charge in [-0.25, -0.2) is 0 Å². The number of hydrogen-bond donors (Lipinski definition) is 0. The molecule has 2 aliphatic rings. The van der Waals surface area contributed by atoms with Crippen molar-refractivity contribution in [2.24, 2.45) is 5.92 Å². The molecule has 1 aromatic rings. The third-order valence-electron chi connectivity index (χ3n) is 3.52. The van der Waals surface area contributed by atoms with Gasteiger partial charge in [-0.05, 0) is 37.3 Å². The molecule has 0 bridgehead atoms. The van der Waals surface area contributed by atoms with E-state index in [1.807, 2.05) is 17.1 Å². The second kappa shape index (κ2) is 4.42. The first kappa shape index (κ1) is 11.2. The van der Waals surface area contributed by atoms with E-state index in [4.69, 9.17) is 16.3 Å². The topological polar surface area (TPSA) is 44.1 Å². The van der Waals surface area contributed by atoms with E-state index in [0.717, 1.165) is 12.0 Å². The molecule has 2 fully saturated rings. The Balaban J connectivity index is 1.71. The fourth-order valence-electron chi connectivity index (χ4n) is 2.29. The van der Waals surface area contributed by atoms with Crippen molar-refractivity contribution in [2.75, 3.05) is 6.61 Å². The predicted molar refractivity (Wildman–Crippen MR) is 62.8 cm³/mol. The third kappa shape index (κ3) is 2.38. The number of aromatic nitrogens is 2. The van der Waals surface area contributed by atoms with E-state index in [1.54, 1.807) is 0 Å². The van der Waals surface area contributed by atoms with Crippen LogP contribution in [0.2, 0.25) is 0 Å². The Hall–Kier alpha value is -0.870. The zero-order chi connectivity index (χ0) is 11.8. The van der Waals surface area contributed by atoms with Gasteiger partial charge >= 0.3 is 0 Å². The minimum Gasteiger partial charge on any atom is -0.373 e. The first-order valence-corrected chi connectivity index (χ1v) is 6.47. The Labute approximate surface area is 105 Å². The lowest BCUT2D eigenvalue weighted by Crippen LogP contribution is -2.23. The summed E-state index contributed by atoms with van der Waals surface area (Å²) in [7, 11) is 0. The molecule has 2 atom stereocenters. The van der Waals surface area contributed by atoms with Gasteiger partial charge in [0.05, 0.1) is 18.3 Å². The van der Waals surface area contributed by atoms with Crippen LogP contribution in [0.3, 0.4) is 0 Å². The summed E-state index contributed by atoms with van der Waals surface area (Å²) in [6, 6.07) is 0.581. The SMILES string of the molecule is O=C(Cl)[C@H]1CCO[C@@H](c2cnn(C3CC3)c2)C1. The Morgan fingerprint density at radius 2 is 2.29 bits per heavy atom. The third-order valence-corrected chi connectivity index (χ3v) is 3.83. The van der Waals surface area contributed by atoms with Crippen molar-refractivity contribution in [1.82, 2.24) is 9.78 Å². The van der Waals surface area contributed by atoms with Crippen molar-refractivity contribution in [3.63, 3.8) is 0 Å². The van der Waals surface area contributed by atoms with Crippen molar-refractivity contribution in [3.05, 3.63) is 18.0 Å². The number of halogens is 1. The summed E-state index contributed by atoms with van der Waals surface area (Å²) in [4.78, 5) is 11.2. The van der Waals surface area contributed by atoms with E-state index < -0.39 is 0 Å². The quantitative estimate of drug-likeness (QED) is 0.779. The lowest BCUT2D eigenvalue weighted by Gasteiger charge is -2.26. The van der Waals surface area contributed by atoms with Crippen LogP contribution in [-0.2, 0) is 9.53 Å². The summed E-state index contributed by atoms with van der Waals surface area (Å²) < 4.78 is 7.70. The molecule has 0 radical (unpaired) electrons. The molecule has 5 heteroatoms. The molecule has 0 N–H and O–H groups in total. The van der Waals surface area contributed by atoms with Crippen molar-refractivity contribution < 1.29 is 9.53 Å². The molecule has 2 heterocycles.